The van der Waals surface area contributed by atoms with Crippen molar-refractivity contribution in [2.75, 3.05) is 0 Å². The number of pyridine rings is 2. The van der Waals surface area contributed by atoms with Gasteiger partial charge in [0.2, 0.25) is 0 Å². The molecule has 1 N–H and O–H groups in total. The van der Waals surface area contributed by atoms with Crippen LogP contribution in [0.5, 0.6) is 0 Å². The number of hydrogen-bond donors (Lipinski definition) is 1. The van der Waals surface area contributed by atoms with Crippen LogP contribution in [0, 0.1) is 12.7 Å². The van der Waals surface area contributed by atoms with E-state index >= 15 is 4.39 Å². The van der Waals surface area contributed by atoms with Crippen molar-refractivity contribution in [3.8, 4) is 11.1 Å². The number of fused-ring (bicyclic) bond motifs is 3. The lowest BCUT2D eigenvalue weighted by molar-refractivity contribution is -0.259. The van der Waals surface area contributed by atoms with Crippen LogP contribution in [0.1, 0.15) is 18.3 Å². The van der Waals surface area contributed by atoms with E-state index in [9.17, 15) is 18.3 Å². The van der Waals surface area contributed by atoms with E-state index in [0.717, 1.165) is 12.3 Å². The molecule has 0 fully saturated rings. The summed E-state index contributed by atoms with van der Waals surface area (Å²) in [4.78, 5) is 3.75. The molecule has 3 heterocycles. The van der Waals surface area contributed by atoms with Crippen molar-refractivity contribution in [1.29, 1.82) is 0 Å². The Morgan fingerprint density at radius 2 is 1.83 bits per heavy atom. The summed E-state index contributed by atoms with van der Waals surface area (Å²) in [6, 6.07) is 5.84. The molecule has 0 spiro atoms. The van der Waals surface area contributed by atoms with E-state index in [1.807, 2.05) is 0 Å². The van der Waals surface area contributed by atoms with Crippen LogP contribution in [0.15, 0.2) is 36.7 Å². The Labute approximate surface area is 166 Å². The van der Waals surface area contributed by atoms with E-state index in [0.29, 0.717) is 29.3 Å². The van der Waals surface area contributed by atoms with E-state index in [-0.39, 0.29) is 16.1 Å². The summed E-state index contributed by atoms with van der Waals surface area (Å²) < 4.78 is 56.3. The lowest BCUT2D eigenvalue weighted by atomic mass is 9.94. The molecule has 5 nitrogen and oxygen atoms in total. The van der Waals surface area contributed by atoms with Gasteiger partial charge in [-0.3, -0.25) is 9.38 Å². The maximum Gasteiger partial charge on any atom is 0.421 e. The second kappa shape index (κ2) is 6.36. The van der Waals surface area contributed by atoms with Gasteiger partial charge >= 0.3 is 6.18 Å². The van der Waals surface area contributed by atoms with E-state index < -0.39 is 23.2 Å². The van der Waals surface area contributed by atoms with Gasteiger partial charge in [0.1, 0.15) is 10.8 Å². The molecule has 1 aromatic carbocycles. The van der Waals surface area contributed by atoms with Gasteiger partial charge in [0.15, 0.2) is 17.1 Å². The predicted octanol–water partition coefficient (Wildman–Crippen LogP) is 4.82. The summed E-state index contributed by atoms with van der Waals surface area (Å²) >= 11 is 6.29. The highest BCUT2D eigenvalue weighted by Gasteiger charge is 2.51. The topological polar surface area (TPSA) is 63.3 Å². The van der Waals surface area contributed by atoms with Crippen LogP contribution >= 0.6 is 11.6 Å². The first-order valence-electron chi connectivity index (χ1n) is 8.40. The Morgan fingerprint density at radius 1 is 1.10 bits per heavy atom. The third-order valence-corrected chi connectivity index (χ3v) is 5.20. The van der Waals surface area contributed by atoms with Gasteiger partial charge in [-0.05, 0) is 38.1 Å². The summed E-state index contributed by atoms with van der Waals surface area (Å²) in [6.45, 7) is 2.30. The molecule has 4 rings (SSSR count). The Bertz CT molecular complexity index is 1270. The fourth-order valence-electron chi connectivity index (χ4n) is 3.14. The second-order valence-electron chi connectivity index (χ2n) is 6.80. The zero-order valence-electron chi connectivity index (χ0n) is 15.1. The van der Waals surface area contributed by atoms with Crippen molar-refractivity contribution in [2.45, 2.75) is 25.6 Å². The van der Waals surface area contributed by atoms with Crippen molar-refractivity contribution < 1.29 is 22.7 Å². The number of rotatable bonds is 2. The number of benzene rings is 1. The van der Waals surface area contributed by atoms with E-state index in [1.165, 1.54) is 12.3 Å². The van der Waals surface area contributed by atoms with Crippen molar-refractivity contribution >= 4 is 28.2 Å². The zero-order valence-corrected chi connectivity index (χ0v) is 15.8. The monoisotopic (exact) mass is 424 g/mol. The maximum atomic E-state index is 15.1. The fourth-order valence-corrected chi connectivity index (χ4v) is 3.44. The predicted molar refractivity (Wildman–Crippen MR) is 99.1 cm³/mol. The molecule has 0 aliphatic rings. The highest BCUT2D eigenvalue weighted by molar-refractivity contribution is 6.35. The van der Waals surface area contributed by atoms with Crippen molar-refractivity contribution in [1.82, 2.24) is 19.6 Å². The standard InChI is InChI=1S/C19H13ClF4N4O/c1-9-26-27-14-4-3-10-6-13(16(21)15(20)17(10)28(9)14)11-5-12(8-25-7-11)18(2,29)19(22,23)24/h3-8,29H,1-2H3. The normalized spacial score (nSPS) is 14.5. The molecule has 0 saturated heterocycles. The molecule has 1 atom stereocenters. The molecular weight excluding hydrogens is 412 g/mol. The van der Waals surface area contributed by atoms with Crippen LogP contribution in [0.4, 0.5) is 17.6 Å². The minimum Gasteiger partial charge on any atom is -0.376 e. The second-order valence-corrected chi connectivity index (χ2v) is 7.17. The van der Waals surface area contributed by atoms with E-state index in [2.05, 4.69) is 15.2 Å². The summed E-state index contributed by atoms with van der Waals surface area (Å²) in [5.41, 5.74) is -2.82. The van der Waals surface area contributed by atoms with Crippen LogP contribution in [0.3, 0.4) is 0 Å². The molecule has 0 saturated carbocycles. The molecule has 0 aliphatic carbocycles. The summed E-state index contributed by atoms with van der Waals surface area (Å²) in [5, 5.41) is 18.1. The smallest absolute Gasteiger partial charge is 0.376 e. The summed E-state index contributed by atoms with van der Waals surface area (Å²) in [5.74, 6) is -0.324. The zero-order chi connectivity index (χ0) is 21.1. The van der Waals surface area contributed by atoms with Gasteiger partial charge < -0.3 is 5.11 Å². The van der Waals surface area contributed by atoms with Crippen molar-refractivity contribution in [3.63, 3.8) is 0 Å². The quantitative estimate of drug-likeness (QED) is 0.469. The fraction of sp³-hybridized carbons (Fsp3) is 0.211. The minimum absolute atomic E-state index is 0.0418. The minimum atomic E-state index is -4.93. The molecule has 1 unspecified atom stereocenters. The molecule has 150 valence electrons. The third kappa shape index (κ3) is 2.92. The third-order valence-electron chi connectivity index (χ3n) is 4.86. The number of hydrogen-bond acceptors (Lipinski definition) is 4. The average Bonchev–Trinajstić information content (AvgIpc) is 3.04. The van der Waals surface area contributed by atoms with Crippen LogP contribution < -0.4 is 0 Å². The Morgan fingerprint density at radius 3 is 2.52 bits per heavy atom. The lowest BCUT2D eigenvalue weighted by Crippen LogP contribution is -2.39. The van der Waals surface area contributed by atoms with E-state index in [4.69, 9.17) is 11.6 Å². The number of halogens is 5. The largest absolute Gasteiger partial charge is 0.421 e. The first kappa shape index (κ1) is 19.5. The first-order valence-corrected chi connectivity index (χ1v) is 8.77. The van der Waals surface area contributed by atoms with Gasteiger partial charge in [-0.25, -0.2) is 4.39 Å². The van der Waals surface area contributed by atoms with Crippen LogP contribution in [0.2, 0.25) is 5.02 Å². The Balaban J connectivity index is 1.96. The lowest BCUT2D eigenvalue weighted by Gasteiger charge is -2.26. The highest BCUT2D eigenvalue weighted by atomic mass is 35.5. The first-order chi connectivity index (χ1) is 13.5. The molecule has 0 bridgehead atoms. The number of nitrogens with zero attached hydrogens (tertiary/aromatic N) is 4. The van der Waals surface area contributed by atoms with Gasteiger partial charge in [-0.1, -0.05) is 11.6 Å². The molecule has 0 amide bonds. The summed E-state index contributed by atoms with van der Waals surface area (Å²) in [6.07, 6.45) is -2.83. The highest BCUT2D eigenvalue weighted by Crippen LogP contribution is 2.40. The maximum absolute atomic E-state index is 15.1. The molecular formula is C19H13ClF4N4O. The van der Waals surface area contributed by atoms with Gasteiger partial charge in [0.25, 0.3) is 0 Å². The number of aliphatic hydroxyl groups is 1. The van der Waals surface area contributed by atoms with Crippen molar-refractivity contribution in [3.05, 3.63) is 58.9 Å². The Kier molecular flexibility index (Phi) is 4.29. The molecule has 4 aromatic rings. The van der Waals surface area contributed by atoms with Crippen molar-refractivity contribution in [2.24, 2.45) is 0 Å². The SMILES string of the molecule is Cc1nnc2ccc3cc(-c4cncc(C(C)(O)C(F)(F)F)c4)c(F)c(Cl)c3n12. The summed E-state index contributed by atoms with van der Waals surface area (Å²) in [7, 11) is 0. The van der Waals surface area contributed by atoms with Gasteiger partial charge in [-0.2, -0.15) is 13.2 Å². The molecule has 3 aromatic heterocycles. The molecule has 0 radical (unpaired) electrons. The molecule has 0 aliphatic heterocycles. The number of aromatic nitrogens is 4. The number of aryl methyl sites for hydroxylation is 1. The molecule has 29 heavy (non-hydrogen) atoms. The van der Waals surface area contributed by atoms with E-state index in [1.54, 1.807) is 23.5 Å². The van der Waals surface area contributed by atoms with Crippen LogP contribution in [0.25, 0.3) is 27.7 Å². The van der Waals surface area contributed by atoms with Gasteiger partial charge in [0, 0.05) is 34.5 Å². The average molecular weight is 425 g/mol. The van der Waals surface area contributed by atoms with Crippen LogP contribution in [-0.4, -0.2) is 30.9 Å². The Hall–Kier alpha value is -2.78. The van der Waals surface area contributed by atoms with Gasteiger partial charge in [0.05, 0.1) is 5.52 Å². The van der Waals surface area contributed by atoms with Crippen LogP contribution in [-0.2, 0) is 5.60 Å². The molecule has 10 heteroatoms. The number of alkyl halides is 3. The van der Waals surface area contributed by atoms with Gasteiger partial charge in [-0.15, -0.1) is 10.2 Å².